The summed E-state index contributed by atoms with van der Waals surface area (Å²) in [6.45, 7) is 6.91. The molecule has 0 spiro atoms. The minimum absolute atomic E-state index is 0.119. The summed E-state index contributed by atoms with van der Waals surface area (Å²) in [7, 11) is -3.65. The molecule has 0 unspecified atom stereocenters. The van der Waals surface area contributed by atoms with Crippen molar-refractivity contribution in [3.63, 3.8) is 0 Å². The number of carbonyl (C=O) groups excluding carboxylic acids is 1. The van der Waals surface area contributed by atoms with Gasteiger partial charge in [-0.25, -0.2) is 13.1 Å². The first-order chi connectivity index (χ1) is 18.9. The van der Waals surface area contributed by atoms with Crippen molar-refractivity contribution in [1.29, 1.82) is 0 Å². The topological polar surface area (TPSA) is 94.0 Å². The Morgan fingerprint density at radius 2 is 1.82 bits per heavy atom. The van der Waals surface area contributed by atoms with Crippen molar-refractivity contribution in [1.82, 2.24) is 19.6 Å². The number of sulfone groups is 1. The van der Waals surface area contributed by atoms with E-state index in [9.17, 15) is 13.2 Å². The molecule has 202 valence electrons. The fraction of sp³-hybridized carbons (Fsp3) is 0.379. The number of aromatic nitrogens is 2. The predicted octanol–water partition coefficient (Wildman–Crippen LogP) is 2.75. The molecule has 2 atom stereocenters. The highest BCUT2D eigenvalue weighted by Gasteiger charge is 2.42. The van der Waals surface area contributed by atoms with E-state index in [0.717, 1.165) is 44.1 Å². The summed E-state index contributed by atoms with van der Waals surface area (Å²) in [6, 6.07) is 13.3. The fourth-order valence-electron chi connectivity index (χ4n) is 5.98. The van der Waals surface area contributed by atoms with Gasteiger partial charge in [0.2, 0.25) is 0 Å². The highest BCUT2D eigenvalue weighted by Crippen LogP contribution is 2.43. The molecule has 0 bridgehead atoms. The summed E-state index contributed by atoms with van der Waals surface area (Å²) < 4.78 is 39.8. The van der Waals surface area contributed by atoms with Crippen molar-refractivity contribution in [2.75, 3.05) is 39.5 Å². The maximum atomic E-state index is 13.9. The molecular weight excluding hydrogens is 516 g/mol. The van der Waals surface area contributed by atoms with E-state index in [1.807, 2.05) is 37.3 Å². The first-order valence-electron chi connectivity index (χ1n) is 13.4. The van der Waals surface area contributed by atoms with Crippen LogP contribution in [-0.2, 0) is 31.6 Å². The summed E-state index contributed by atoms with van der Waals surface area (Å²) in [4.78, 5) is 18.3. The zero-order valence-electron chi connectivity index (χ0n) is 21.7. The van der Waals surface area contributed by atoms with Crippen molar-refractivity contribution < 1.29 is 22.7 Å². The second kappa shape index (κ2) is 9.41. The Kier molecular flexibility index (Phi) is 5.96. The molecule has 0 N–H and O–H groups in total. The number of rotatable bonds is 4. The van der Waals surface area contributed by atoms with Gasteiger partial charge in [-0.15, -0.1) is 0 Å². The van der Waals surface area contributed by atoms with E-state index in [2.05, 4.69) is 17.0 Å². The zero-order valence-corrected chi connectivity index (χ0v) is 22.6. The van der Waals surface area contributed by atoms with Crippen LogP contribution < -0.4 is 0 Å². The van der Waals surface area contributed by atoms with Crippen LogP contribution >= 0.6 is 0 Å². The number of carbonyl (C=O) groups is 1. The molecule has 39 heavy (non-hydrogen) atoms. The van der Waals surface area contributed by atoms with Crippen molar-refractivity contribution in [2.24, 2.45) is 0 Å². The standard InChI is InChI=1S/C29H30N4O5S/c1-19-3-2-4-25-26(19)28-22(18-39(25,35)36)27(29(34)32-13-16-38-24-10-9-23(24)32)30-33(28)21-7-5-20(6-8-21)17-31-11-14-37-15-12-31/h2-10,23-24H,11-18H2,1H3/t23-,24+/m0/s1. The lowest BCUT2D eigenvalue weighted by atomic mass is 9.95. The average molecular weight is 547 g/mol. The Morgan fingerprint density at radius 1 is 1.03 bits per heavy atom. The Hall–Kier alpha value is -3.31. The number of nitrogens with zero attached hydrogens (tertiary/aromatic N) is 4. The lowest BCUT2D eigenvalue weighted by molar-refractivity contribution is -0.0344. The first-order valence-corrected chi connectivity index (χ1v) is 15.0. The molecule has 7 rings (SSSR count). The van der Waals surface area contributed by atoms with Gasteiger partial charge in [-0.3, -0.25) is 9.69 Å². The largest absolute Gasteiger partial charge is 0.379 e. The van der Waals surface area contributed by atoms with Gasteiger partial charge in [0.15, 0.2) is 15.5 Å². The average Bonchev–Trinajstić information content (AvgIpc) is 3.28. The van der Waals surface area contributed by atoms with E-state index in [1.54, 1.807) is 21.7 Å². The molecule has 4 aliphatic rings. The van der Waals surface area contributed by atoms with E-state index in [-0.39, 0.29) is 34.4 Å². The minimum Gasteiger partial charge on any atom is -0.379 e. The van der Waals surface area contributed by atoms with Gasteiger partial charge in [0.1, 0.15) is 0 Å². The Morgan fingerprint density at radius 3 is 2.56 bits per heavy atom. The fourth-order valence-corrected chi connectivity index (χ4v) is 7.64. The molecule has 0 saturated carbocycles. The zero-order chi connectivity index (χ0) is 26.7. The summed E-state index contributed by atoms with van der Waals surface area (Å²) in [5.41, 5.74) is 4.74. The van der Waals surface area contributed by atoms with E-state index in [4.69, 9.17) is 14.6 Å². The monoisotopic (exact) mass is 546 g/mol. The molecule has 1 aromatic heterocycles. The quantitative estimate of drug-likeness (QED) is 0.465. The number of benzene rings is 2. The van der Waals surface area contributed by atoms with Gasteiger partial charge in [-0.2, -0.15) is 5.10 Å². The van der Waals surface area contributed by atoms with Crippen LogP contribution in [0.4, 0.5) is 0 Å². The number of hydrogen-bond acceptors (Lipinski definition) is 7. The van der Waals surface area contributed by atoms with E-state index < -0.39 is 9.84 Å². The molecule has 0 radical (unpaired) electrons. The maximum absolute atomic E-state index is 13.9. The molecule has 1 aliphatic carbocycles. The second-order valence-electron chi connectivity index (χ2n) is 10.6. The van der Waals surface area contributed by atoms with Gasteiger partial charge < -0.3 is 14.4 Å². The number of hydrogen-bond donors (Lipinski definition) is 0. The molecule has 10 heteroatoms. The van der Waals surface area contributed by atoms with Crippen LogP contribution in [-0.4, -0.2) is 85.5 Å². The molecule has 2 aromatic carbocycles. The third kappa shape index (κ3) is 4.13. The molecule has 4 heterocycles. The van der Waals surface area contributed by atoms with Crippen LogP contribution in [0.1, 0.15) is 27.2 Å². The van der Waals surface area contributed by atoms with E-state index >= 15 is 0 Å². The molecule has 3 aromatic rings. The van der Waals surface area contributed by atoms with Gasteiger partial charge in [0, 0.05) is 37.3 Å². The summed E-state index contributed by atoms with van der Waals surface area (Å²) >= 11 is 0. The van der Waals surface area contributed by atoms with Crippen molar-refractivity contribution in [2.45, 2.75) is 36.3 Å². The van der Waals surface area contributed by atoms with Crippen LogP contribution in [0.3, 0.4) is 0 Å². The van der Waals surface area contributed by atoms with Gasteiger partial charge in [-0.1, -0.05) is 36.4 Å². The Balaban J connectivity index is 1.33. The van der Waals surface area contributed by atoms with E-state index in [0.29, 0.717) is 30.0 Å². The van der Waals surface area contributed by atoms with Crippen molar-refractivity contribution in [3.05, 3.63) is 77.0 Å². The number of amides is 1. The molecule has 1 amide bonds. The smallest absolute Gasteiger partial charge is 0.275 e. The van der Waals surface area contributed by atoms with Gasteiger partial charge in [0.05, 0.1) is 54.0 Å². The third-order valence-corrected chi connectivity index (χ3v) is 9.79. The highest BCUT2D eigenvalue weighted by molar-refractivity contribution is 7.90. The molecule has 3 aliphatic heterocycles. The van der Waals surface area contributed by atoms with Gasteiger partial charge in [-0.05, 0) is 36.2 Å². The van der Waals surface area contributed by atoms with Gasteiger partial charge in [0.25, 0.3) is 5.91 Å². The molecule has 2 fully saturated rings. The number of aryl methyl sites for hydroxylation is 1. The van der Waals surface area contributed by atoms with Crippen LogP contribution in [0, 0.1) is 6.92 Å². The van der Waals surface area contributed by atoms with Crippen molar-refractivity contribution >= 4 is 15.7 Å². The second-order valence-corrected chi connectivity index (χ2v) is 12.5. The van der Waals surface area contributed by atoms with Crippen LogP contribution in [0.5, 0.6) is 0 Å². The maximum Gasteiger partial charge on any atom is 0.275 e. The number of fused-ring (bicyclic) bond motifs is 4. The minimum atomic E-state index is -3.65. The van der Waals surface area contributed by atoms with Crippen LogP contribution in [0.25, 0.3) is 16.9 Å². The molecule has 9 nitrogen and oxygen atoms in total. The normalized spacial score (nSPS) is 23.5. The van der Waals surface area contributed by atoms with E-state index in [1.165, 1.54) is 5.56 Å². The number of ether oxygens (including phenoxy) is 2. The lowest BCUT2D eigenvalue weighted by Crippen LogP contribution is -2.55. The summed E-state index contributed by atoms with van der Waals surface area (Å²) in [5, 5.41) is 4.84. The number of morpholine rings is 2. The third-order valence-electron chi connectivity index (χ3n) is 8.12. The van der Waals surface area contributed by atoms with Crippen LogP contribution in [0.15, 0.2) is 59.5 Å². The van der Waals surface area contributed by atoms with Gasteiger partial charge >= 0.3 is 0 Å². The molecule has 2 saturated heterocycles. The Labute approximate surface area is 227 Å². The van der Waals surface area contributed by atoms with Crippen LogP contribution in [0.2, 0.25) is 0 Å². The molecular formula is C29H30N4O5S. The first kappa shape index (κ1) is 24.7. The predicted molar refractivity (Wildman–Crippen MR) is 144 cm³/mol. The summed E-state index contributed by atoms with van der Waals surface area (Å²) in [6.07, 6.45) is 3.78. The SMILES string of the molecule is Cc1cccc2c1-c1c(c(C(=O)N3CCO[C@@H]4C=C[C@@H]43)nn1-c1ccc(CN3CCOCC3)cc1)CS2(=O)=O. The Bertz CT molecular complexity index is 1590. The highest BCUT2D eigenvalue weighted by atomic mass is 32.2. The lowest BCUT2D eigenvalue weighted by Gasteiger charge is -2.42. The summed E-state index contributed by atoms with van der Waals surface area (Å²) in [5.74, 6) is -0.521. The van der Waals surface area contributed by atoms with Crippen molar-refractivity contribution in [3.8, 4) is 16.9 Å².